The summed E-state index contributed by atoms with van der Waals surface area (Å²) in [5, 5.41) is 13.0. The predicted molar refractivity (Wildman–Crippen MR) is 66.7 cm³/mol. The molecule has 2 aromatic rings. The number of amides is 1. The van der Waals surface area contributed by atoms with Gasteiger partial charge in [0.05, 0.1) is 16.2 Å². The van der Waals surface area contributed by atoms with Crippen molar-refractivity contribution in [2.75, 3.05) is 11.1 Å². The number of anilines is 2. The molecule has 0 spiro atoms. The Bertz CT molecular complexity index is 650. The first-order valence-electron chi connectivity index (χ1n) is 5.25. The Labute approximate surface area is 107 Å². The zero-order valence-electron chi connectivity index (χ0n) is 9.91. The van der Waals surface area contributed by atoms with Crippen molar-refractivity contribution in [2.45, 2.75) is 6.92 Å². The number of nitrogens with two attached hydrogens (primary N) is 1. The number of aromatic nitrogens is 1. The number of aryl methyl sites for hydroxylation is 1. The molecule has 1 heterocycles. The van der Waals surface area contributed by atoms with Gasteiger partial charge in [-0.1, -0.05) is 0 Å². The topological polar surface area (TPSA) is 124 Å². The monoisotopic (exact) mass is 262 g/mol. The van der Waals surface area contributed by atoms with Crippen molar-refractivity contribution in [3.63, 3.8) is 0 Å². The maximum Gasteiger partial charge on any atom is 0.301 e. The zero-order valence-corrected chi connectivity index (χ0v) is 9.91. The number of nitrogens with zero attached hydrogens (tertiary/aromatic N) is 2. The smallest absolute Gasteiger partial charge is 0.301 e. The Morgan fingerprint density at radius 1 is 1.53 bits per heavy atom. The van der Waals surface area contributed by atoms with Crippen molar-refractivity contribution in [3.8, 4) is 0 Å². The lowest BCUT2D eigenvalue weighted by atomic mass is 10.1. The molecule has 8 heteroatoms. The number of carbonyl (C=O) groups excluding carboxylic acids is 1. The number of carbonyl (C=O) groups is 1. The van der Waals surface area contributed by atoms with E-state index >= 15 is 0 Å². The molecule has 0 aliphatic carbocycles. The number of non-ortho nitro benzene ring substituents is 1. The average molecular weight is 262 g/mol. The molecule has 0 fully saturated rings. The normalized spacial score (nSPS) is 10.2. The second-order valence-electron chi connectivity index (χ2n) is 3.78. The molecule has 8 nitrogen and oxygen atoms in total. The molecule has 19 heavy (non-hydrogen) atoms. The van der Waals surface area contributed by atoms with Crippen LogP contribution in [0.4, 0.5) is 17.4 Å². The molecule has 1 aromatic heterocycles. The third kappa shape index (κ3) is 2.68. The lowest BCUT2D eigenvalue weighted by Crippen LogP contribution is -2.14. The number of oxazole rings is 1. The van der Waals surface area contributed by atoms with Crippen LogP contribution in [0.5, 0.6) is 0 Å². The van der Waals surface area contributed by atoms with Gasteiger partial charge >= 0.3 is 6.01 Å². The van der Waals surface area contributed by atoms with Crippen LogP contribution in [-0.4, -0.2) is 15.8 Å². The van der Waals surface area contributed by atoms with Gasteiger partial charge in [-0.2, -0.15) is 4.98 Å². The molecule has 1 amide bonds. The summed E-state index contributed by atoms with van der Waals surface area (Å²) in [5.74, 6) is -0.622. The van der Waals surface area contributed by atoms with Crippen LogP contribution in [0.3, 0.4) is 0 Å². The van der Waals surface area contributed by atoms with E-state index in [0.29, 0.717) is 5.69 Å². The molecule has 0 saturated heterocycles. The highest BCUT2D eigenvalue weighted by atomic mass is 16.6. The quantitative estimate of drug-likeness (QED) is 0.493. The van der Waals surface area contributed by atoms with E-state index in [-0.39, 0.29) is 23.0 Å². The van der Waals surface area contributed by atoms with Gasteiger partial charge in [-0.15, -0.1) is 0 Å². The van der Waals surface area contributed by atoms with Crippen molar-refractivity contribution in [3.05, 3.63) is 45.8 Å². The molecule has 0 radical (unpaired) electrons. The number of nitrogen functional groups attached to an aromatic ring is 1. The minimum absolute atomic E-state index is 0.00778. The van der Waals surface area contributed by atoms with E-state index in [1.807, 2.05) is 0 Å². The fourth-order valence-electron chi connectivity index (χ4n) is 1.43. The van der Waals surface area contributed by atoms with Crippen LogP contribution in [-0.2, 0) is 0 Å². The largest absolute Gasteiger partial charge is 0.432 e. The van der Waals surface area contributed by atoms with Gasteiger partial charge in [0.25, 0.3) is 11.6 Å². The summed E-state index contributed by atoms with van der Waals surface area (Å²) in [6.45, 7) is 1.70. The molecule has 2 rings (SSSR count). The van der Waals surface area contributed by atoms with Gasteiger partial charge in [-0.3, -0.25) is 20.2 Å². The number of benzene rings is 1. The van der Waals surface area contributed by atoms with Crippen LogP contribution >= 0.6 is 0 Å². The summed E-state index contributed by atoms with van der Waals surface area (Å²) in [5.41, 5.74) is 6.12. The molecular weight excluding hydrogens is 252 g/mol. The molecule has 0 bridgehead atoms. The third-order valence-electron chi connectivity index (χ3n) is 2.33. The molecule has 1 aromatic carbocycles. The summed E-state index contributed by atoms with van der Waals surface area (Å²) in [6.07, 6.45) is 1.37. The first-order valence-corrected chi connectivity index (χ1v) is 5.25. The summed E-state index contributed by atoms with van der Waals surface area (Å²) in [7, 11) is 0. The predicted octanol–water partition coefficient (Wildman–Crippen LogP) is 1.73. The van der Waals surface area contributed by atoms with Gasteiger partial charge in [-0.05, 0) is 13.0 Å². The van der Waals surface area contributed by atoms with Gasteiger partial charge in [0.15, 0.2) is 0 Å². The van der Waals surface area contributed by atoms with E-state index < -0.39 is 10.8 Å². The maximum absolute atomic E-state index is 11.9. The second-order valence-corrected chi connectivity index (χ2v) is 3.78. The van der Waals surface area contributed by atoms with Crippen molar-refractivity contribution < 1.29 is 14.1 Å². The number of hydrogen-bond acceptors (Lipinski definition) is 6. The van der Waals surface area contributed by atoms with Gasteiger partial charge in [0.2, 0.25) is 0 Å². The first kappa shape index (κ1) is 12.6. The first-order chi connectivity index (χ1) is 8.97. The van der Waals surface area contributed by atoms with Crippen molar-refractivity contribution in [1.29, 1.82) is 0 Å². The highest BCUT2D eigenvalue weighted by molar-refractivity contribution is 6.07. The van der Waals surface area contributed by atoms with E-state index in [4.69, 9.17) is 10.2 Å². The van der Waals surface area contributed by atoms with Gasteiger partial charge in [-0.25, -0.2) is 0 Å². The third-order valence-corrected chi connectivity index (χ3v) is 2.33. The van der Waals surface area contributed by atoms with Crippen LogP contribution < -0.4 is 11.1 Å². The minimum atomic E-state index is -0.622. The molecule has 0 aliphatic rings. The van der Waals surface area contributed by atoms with E-state index in [0.717, 1.165) is 6.07 Å². The highest BCUT2D eigenvalue weighted by Crippen LogP contribution is 2.20. The Morgan fingerprint density at radius 3 is 2.84 bits per heavy atom. The van der Waals surface area contributed by atoms with Crippen molar-refractivity contribution in [1.82, 2.24) is 4.98 Å². The average Bonchev–Trinajstić information content (AvgIpc) is 2.74. The standard InChI is InChI=1S/C11H10N4O4/c1-6-5-19-11(13-6)14-10(16)8-4-7(15(17)18)2-3-9(8)12/h2-5H,12H2,1H3,(H,13,14,16). The van der Waals surface area contributed by atoms with Crippen LogP contribution in [0, 0.1) is 17.0 Å². The lowest BCUT2D eigenvalue weighted by Gasteiger charge is -2.04. The summed E-state index contributed by atoms with van der Waals surface area (Å²) in [6, 6.07) is 3.63. The molecule has 0 unspecified atom stereocenters. The summed E-state index contributed by atoms with van der Waals surface area (Å²) < 4.78 is 4.96. The van der Waals surface area contributed by atoms with E-state index in [1.165, 1.54) is 18.4 Å². The molecule has 3 N–H and O–H groups in total. The molecule has 98 valence electrons. The number of nitro groups is 1. The minimum Gasteiger partial charge on any atom is -0.432 e. The Hall–Kier alpha value is -2.90. The summed E-state index contributed by atoms with van der Waals surface area (Å²) >= 11 is 0. The zero-order chi connectivity index (χ0) is 14.0. The molecule has 0 atom stereocenters. The SMILES string of the molecule is Cc1coc(NC(=O)c2cc([N+](=O)[O-])ccc2N)n1. The van der Waals surface area contributed by atoms with E-state index in [9.17, 15) is 14.9 Å². The number of rotatable bonds is 3. The fourth-order valence-corrected chi connectivity index (χ4v) is 1.43. The molecular formula is C11H10N4O4. The van der Waals surface area contributed by atoms with Crippen LogP contribution in [0.1, 0.15) is 16.1 Å². The van der Waals surface area contributed by atoms with Gasteiger partial charge in [0, 0.05) is 17.8 Å². The van der Waals surface area contributed by atoms with Crippen LogP contribution in [0.25, 0.3) is 0 Å². The van der Waals surface area contributed by atoms with Gasteiger partial charge in [0.1, 0.15) is 6.26 Å². The van der Waals surface area contributed by atoms with Crippen molar-refractivity contribution >= 4 is 23.3 Å². The molecule has 0 aliphatic heterocycles. The highest BCUT2D eigenvalue weighted by Gasteiger charge is 2.16. The second kappa shape index (κ2) is 4.77. The number of nitrogens with one attached hydrogen (secondary N) is 1. The summed E-state index contributed by atoms with van der Waals surface area (Å²) in [4.78, 5) is 25.8. The Morgan fingerprint density at radius 2 is 2.26 bits per heavy atom. The Kier molecular flexibility index (Phi) is 3.15. The maximum atomic E-state index is 11.9. The van der Waals surface area contributed by atoms with Crippen LogP contribution in [0.15, 0.2) is 28.9 Å². The van der Waals surface area contributed by atoms with E-state index in [1.54, 1.807) is 6.92 Å². The fraction of sp³-hybridized carbons (Fsp3) is 0.0909. The number of nitro benzene ring substituents is 1. The lowest BCUT2D eigenvalue weighted by molar-refractivity contribution is -0.384. The molecule has 0 saturated carbocycles. The Balaban J connectivity index is 2.27. The number of hydrogen-bond donors (Lipinski definition) is 2. The van der Waals surface area contributed by atoms with Crippen molar-refractivity contribution in [2.24, 2.45) is 0 Å². The van der Waals surface area contributed by atoms with Crippen LogP contribution in [0.2, 0.25) is 0 Å². The van der Waals surface area contributed by atoms with Gasteiger partial charge < -0.3 is 10.2 Å². The van der Waals surface area contributed by atoms with E-state index in [2.05, 4.69) is 10.3 Å².